The minimum absolute atomic E-state index is 0.438. The first-order valence-corrected chi connectivity index (χ1v) is 9.77. The van der Waals surface area contributed by atoms with E-state index in [0.717, 1.165) is 18.6 Å². The fraction of sp³-hybridized carbons (Fsp3) is 0.526. The smallest absolute Gasteiger partial charge is 0.417 e. The highest BCUT2D eigenvalue weighted by Gasteiger charge is 2.19. The van der Waals surface area contributed by atoms with Gasteiger partial charge in [-0.05, 0) is 45.2 Å². The molecule has 1 aromatic rings. The summed E-state index contributed by atoms with van der Waals surface area (Å²) in [5.74, 6) is 3.02. The Morgan fingerprint density at radius 1 is 1.22 bits per heavy atom. The Kier molecular flexibility index (Phi) is 9.71. The Morgan fingerprint density at radius 2 is 1.93 bits per heavy atom. The van der Waals surface area contributed by atoms with Crippen molar-refractivity contribution in [2.75, 3.05) is 25.7 Å². The molecule has 8 heteroatoms. The van der Waals surface area contributed by atoms with Crippen molar-refractivity contribution in [3.05, 3.63) is 29.2 Å². The van der Waals surface area contributed by atoms with Gasteiger partial charge in [-0.2, -0.15) is 0 Å². The molecule has 0 saturated heterocycles. The molecule has 0 saturated carbocycles. The third-order valence-corrected chi connectivity index (χ3v) is 4.72. The Bertz CT molecular complexity index is 664. The number of allylic oxidation sites excluding steroid dienone is 2. The van der Waals surface area contributed by atoms with E-state index in [1.165, 1.54) is 19.1 Å². The second kappa shape index (κ2) is 11.5. The van der Waals surface area contributed by atoms with E-state index in [9.17, 15) is 4.79 Å². The first kappa shape index (κ1) is 22.8. The van der Waals surface area contributed by atoms with Gasteiger partial charge in [-0.15, -0.1) is 0 Å². The number of unbranched alkanes of at least 4 members (excludes halogenated alkanes) is 1. The number of carbonyl (C=O) groups excluding carboxylic acids is 1. The summed E-state index contributed by atoms with van der Waals surface area (Å²) in [7, 11) is 3.11. The molecular formula is C19H30N2O5S. The lowest BCUT2D eigenvalue weighted by Crippen LogP contribution is -2.20. The number of methoxy groups -OCH3 is 2. The first-order chi connectivity index (χ1) is 12.8. The molecule has 0 aliphatic carbocycles. The number of carbonyl (C=O) groups is 1. The van der Waals surface area contributed by atoms with E-state index in [1.807, 2.05) is 0 Å². The molecule has 0 aromatic heterocycles. The highest BCUT2D eigenvalue weighted by Crippen LogP contribution is 2.37. The monoisotopic (exact) mass is 398 g/mol. The molecule has 1 atom stereocenters. The molecule has 152 valence electrons. The van der Waals surface area contributed by atoms with E-state index < -0.39 is 12.2 Å². The normalized spacial score (nSPS) is 12.7. The standard InChI is InChI=1S/C19H30N2O5S/c1-7-8-9-27-21-19(22)26-14(4)15-10-17(24-6)18(11-16(15)20)25-13(3)12(2)23-5/h10-11,14H,7-9,20H2,1-6H3,(H,21,22)/b13-12-. The van der Waals surface area contributed by atoms with Gasteiger partial charge < -0.3 is 24.7 Å². The van der Waals surface area contributed by atoms with Gasteiger partial charge in [0, 0.05) is 23.1 Å². The summed E-state index contributed by atoms with van der Waals surface area (Å²) in [6, 6.07) is 3.36. The summed E-state index contributed by atoms with van der Waals surface area (Å²) in [4.78, 5) is 11.9. The summed E-state index contributed by atoms with van der Waals surface area (Å²) in [5, 5.41) is 0. The molecule has 0 aliphatic heterocycles. The maximum absolute atomic E-state index is 11.9. The molecule has 1 rings (SSSR count). The van der Waals surface area contributed by atoms with Crippen molar-refractivity contribution in [2.24, 2.45) is 0 Å². The van der Waals surface area contributed by atoms with Crippen LogP contribution < -0.4 is 19.9 Å². The van der Waals surface area contributed by atoms with Gasteiger partial charge in [0.25, 0.3) is 0 Å². The zero-order chi connectivity index (χ0) is 20.4. The molecule has 1 amide bonds. The summed E-state index contributed by atoms with van der Waals surface area (Å²) >= 11 is 1.33. The van der Waals surface area contributed by atoms with Crippen LogP contribution in [0.2, 0.25) is 0 Å². The summed E-state index contributed by atoms with van der Waals surface area (Å²) in [5.41, 5.74) is 7.22. The number of nitrogens with two attached hydrogens (primary N) is 1. The molecular weight excluding hydrogens is 368 g/mol. The van der Waals surface area contributed by atoms with Crippen LogP contribution in [-0.2, 0) is 9.47 Å². The van der Waals surface area contributed by atoms with Gasteiger partial charge >= 0.3 is 6.09 Å². The van der Waals surface area contributed by atoms with Gasteiger partial charge in [0.1, 0.15) is 17.6 Å². The molecule has 0 spiro atoms. The Labute approximate surface area is 165 Å². The number of benzene rings is 1. The Hall–Kier alpha value is -2.22. The molecule has 1 aromatic carbocycles. The van der Waals surface area contributed by atoms with Crippen LogP contribution in [0.4, 0.5) is 10.5 Å². The largest absolute Gasteiger partial charge is 0.498 e. The van der Waals surface area contributed by atoms with Crippen molar-refractivity contribution in [2.45, 2.75) is 46.6 Å². The van der Waals surface area contributed by atoms with Crippen LogP contribution in [0, 0.1) is 0 Å². The van der Waals surface area contributed by atoms with Gasteiger partial charge in [0.05, 0.1) is 14.2 Å². The van der Waals surface area contributed by atoms with Crippen molar-refractivity contribution < 1.29 is 23.7 Å². The van der Waals surface area contributed by atoms with Gasteiger partial charge in [-0.1, -0.05) is 13.3 Å². The van der Waals surface area contributed by atoms with Crippen LogP contribution in [0.3, 0.4) is 0 Å². The van der Waals surface area contributed by atoms with Gasteiger partial charge in [-0.3, -0.25) is 4.72 Å². The molecule has 7 nitrogen and oxygen atoms in total. The first-order valence-electron chi connectivity index (χ1n) is 8.79. The Balaban J connectivity index is 2.88. The third kappa shape index (κ3) is 7.13. The summed E-state index contributed by atoms with van der Waals surface area (Å²) in [6.07, 6.45) is 1.06. The van der Waals surface area contributed by atoms with Gasteiger partial charge in [0.15, 0.2) is 11.5 Å². The highest BCUT2D eigenvalue weighted by atomic mass is 32.2. The predicted octanol–water partition coefficient (Wildman–Crippen LogP) is 4.79. The van der Waals surface area contributed by atoms with E-state index in [0.29, 0.717) is 34.3 Å². The van der Waals surface area contributed by atoms with E-state index in [-0.39, 0.29) is 0 Å². The Morgan fingerprint density at radius 3 is 2.52 bits per heavy atom. The summed E-state index contributed by atoms with van der Waals surface area (Å²) < 4.78 is 24.4. The van der Waals surface area contributed by atoms with Crippen molar-refractivity contribution in [3.8, 4) is 11.5 Å². The number of nitrogens with one attached hydrogen (secondary N) is 1. The van der Waals surface area contributed by atoms with Crippen LogP contribution in [-0.4, -0.2) is 26.1 Å². The summed E-state index contributed by atoms with van der Waals surface area (Å²) in [6.45, 7) is 7.43. The van der Waals surface area contributed by atoms with Crippen LogP contribution in [0.5, 0.6) is 11.5 Å². The van der Waals surface area contributed by atoms with Crippen LogP contribution in [0.15, 0.2) is 23.7 Å². The quantitative estimate of drug-likeness (QED) is 0.253. The van der Waals surface area contributed by atoms with E-state index in [1.54, 1.807) is 40.0 Å². The molecule has 0 heterocycles. The van der Waals surface area contributed by atoms with Gasteiger partial charge in [0.2, 0.25) is 0 Å². The molecule has 0 radical (unpaired) electrons. The van der Waals surface area contributed by atoms with E-state index in [2.05, 4.69) is 11.6 Å². The second-order valence-electron chi connectivity index (χ2n) is 5.90. The number of hydrogen-bond acceptors (Lipinski definition) is 7. The van der Waals surface area contributed by atoms with Crippen molar-refractivity contribution >= 4 is 23.7 Å². The number of nitrogen functional groups attached to an aromatic ring is 1. The maximum atomic E-state index is 11.9. The molecule has 1 unspecified atom stereocenters. The number of rotatable bonds is 10. The zero-order valence-electron chi connectivity index (χ0n) is 16.9. The second-order valence-corrected chi connectivity index (χ2v) is 6.80. The van der Waals surface area contributed by atoms with E-state index >= 15 is 0 Å². The van der Waals surface area contributed by atoms with E-state index in [4.69, 9.17) is 24.7 Å². The maximum Gasteiger partial charge on any atom is 0.417 e. The number of anilines is 1. The third-order valence-electron chi connectivity index (χ3n) is 3.91. The average molecular weight is 399 g/mol. The zero-order valence-corrected chi connectivity index (χ0v) is 17.7. The fourth-order valence-corrected chi connectivity index (χ4v) is 2.84. The van der Waals surface area contributed by atoms with Crippen molar-refractivity contribution in [1.29, 1.82) is 0 Å². The van der Waals surface area contributed by atoms with Crippen LogP contribution in [0.25, 0.3) is 0 Å². The van der Waals surface area contributed by atoms with Crippen molar-refractivity contribution in [1.82, 2.24) is 4.72 Å². The lowest BCUT2D eigenvalue weighted by Gasteiger charge is -2.19. The molecule has 0 aliphatic rings. The number of amides is 1. The van der Waals surface area contributed by atoms with Crippen LogP contribution in [0.1, 0.15) is 52.2 Å². The SMILES string of the molecule is CCCCSNC(=O)OC(C)c1cc(OC)c(O/C(C)=C(/C)OC)cc1N. The minimum Gasteiger partial charge on any atom is -0.498 e. The fourth-order valence-electron chi connectivity index (χ4n) is 2.14. The predicted molar refractivity (Wildman–Crippen MR) is 109 cm³/mol. The molecule has 3 N–H and O–H groups in total. The van der Waals surface area contributed by atoms with Crippen LogP contribution >= 0.6 is 11.9 Å². The molecule has 0 fully saturated rings. The lowest BCUT2D eigenvalue weighted by molar-refractivity contribution is 0.113. The highest BCUT2D eigenvalue weighted by molar-refractivity contribution is 7.97. The minimum atomic E-state index is -0.544. The average Bonchev–Trinajstić information content (AvgIpc) is 2.64. The van der Waals surface area contributed by atoms with Crippen molar-refractivity contribution in [3.63, 3.8) is 0 Å². The lowest BCUT2D eigenvalue weighted by atomic mass is 10.1. The van der Waals surface area contributed by atoms with Gasteiger partial charge in [-0.25, -0.2) is 4.79 Å². The number of ether oxygens (including phenoxy) is 4. The number of hydrogen-bond donors (Lipinski definition) is 2. The molecule has 27 heavy (non-hydrogen) atoms. The topological polar surface area (TPSA) is 92.0 Å². The molecule has 0 bridgehead atoms.